The maximum atomic E-state index is 12.3. The average Bonchev–Trinajstić information content (AvgIpc) is 2.54. The van der Waals surface area contributed by atoms with Gasteiger partial charge in [-0.05, 0) is 34.1 Å². The van der Waals surface area contributed by atoms with Gasteiger partial charge in [0.15, 0.2) is 0 Å². The number of carbonyl (C=O) groups excluding carboxylic acids is 4. The van der Waals surface area contributed by atoms with Crippen molar-refractivity contribution in [2.24, 2.45) is 0 Å². The summed E-state index contributed by atoms with van der Waals surface area (Å²) in [6.45, 7) is 8.14. The Kier molecular flexibility index (Phi) is 11.0. The number of nitrogens with zero attached hydrogens (tertiary/aromatic N) is 1. The number of hydrogen-bond donors (Lipinski definition) is 0. The molecule has 0 rings (SSSR count). The summed E-state index contributed by atoms with van der Waals surface area (Å²) in [4.78, 5) is 48.9. The number of hydrogen-bond acceptors (Lipinski definition) is 8. The molecule has 0 radical (unpaired) electrons. The van der Waals surface area contributed by atoms with Gasteiger partial charge >= 0.3 is 24.2 Å². The van der Waals surface area contributed by atoms with Gasteiger partial charge in [-0.25, -0.2) is 19.2 Å². The van der Waals surface area contributed by atoms with Crippen LogP contribution in [0.1, 0.15) is 47.5 Å². The fourth-order valence-corrected chi connectivity index (χ4v) is 2.06. The largest absolute Gasteiger partial charge is 0.516 e. The van der Waals surface area contributed by atoms with Gasteiger partial charge in [0, 0.05) is 0 Å². The molecule has 0 aliphatic carbocycles. The van der Waals surface area contributed by atoms with E-state index >= 15 is 0 Å². The molecule has 0 aliphatic rings. The van der Waals surface area contributed by atoms with E-state index in [0.29, 0.717) is 6.42 Å². The summed E-state index contributed by atoms with van der Waals surface area (Å²) in [5.41, 5.74) is 0. The van der Waals surface area contributed by atoms with Crippen molar-refractivity contribution >= 4 is 24.2 Å². The van der Waals surface area contributed by atoms with Crippen molar-refractivity contribution in [1.82, 2.24) is 4.90 Å². The smallest absolute Gasteiger partial charge is 0.464 e. The fraction of sp³-hybridized carbons (Fsp3) is 0.750. The van der Waals surface area contributed by atoms with E-state index in [4.69, 9.17) is 9.47 Å². The van der Waals surface area contributed by atoms with Crippen molar-refractivity contribution < 1.29 is 38.1 Å². The Bertz CT molecular complexity index is 465. The average molecular weight is 361 g/mol. The molecule has 9 nitrogen and oxygen atoms in total. The standard InChI is InChI=1S/C16H27NO8/c1-6-10-12(14(19)22-7-2)17(15(20)23-8-3)11(5)13(18)25-16(21)24-9-4/h11-12H,6-10H2,1-5H3/t11-,12?/m0/s1. The minimum absolute atomic E-state index is 0.0311. The van der Waals surface area contributed by atoms with Gasteiger partial charge in [0.1, 0.15) is 12.1 Å². The molecule has 9 heteroatoms. The molecule has 1 unspecified atom stereocenters. The van der Waals surface area contributed by atoms with E-state index in [0.717, 1.165) is 4.90 Å². The molecule has 0 saturated carbocycles. The third-order valence-corrected chi connectivity index (χ3v) is 3.14. The second-order valence-corrected chi connectivity index (χ2v) is 4.94. The summed E-state index contributed by atoms with van der Waals surface area (Å²) >= 11 is 0. The van der Waals surface area contributed by atoms with E-state index in [1.54, 1.807) is 20.8 Å². The van der Waals surface area contributed by atoms with Gasteiger partial charge in [-0.2, -0.15) is 0 Å². The van der Waals surface area contributed by atoms with Crippen LogP contribution >= 0.6 is 0 Å². The first kappa shape index (κ1) is 22.7. The minimum Gasteiger partial charge on any atom is -0.464 e. The first-order chi connectivity index (χ1) is 11.8. The Morgan fingerprint density at radius 2 is 1.40 bits per heavy atom. The van der Waals surface area contributed by atoms with Crippen molar-refractivity contribution in [2.75, 3.05) is 19.8 Å². The normalized spacial score (nSPS) is 12.5. The topological polar surface area (TPSA) is 108 Å². The summed E-state index contributed by atoms with van der Waals surface area (Å²) in [6.07, 6.45) is -1.23. The number of esters is 2. The van der Waals surface area contributed by atoms with Gasteiger partial charge in [-0.3, -0.25) is 4.90 Å². The molecular weight excluding hydrogens is 334 g/mol. The SMILES string of the molecule is CCCC(C(=O)OCC)N(C(=O)OCC)[C@@H](C)C(=O)OC(=O)OCC. The first-order valence-electron chi connectivity index (χ1n) is 8.33. The predicted molar refractivity (Wildman–Crippen MR) is 86.8 cm³/mol. The second kappa shape index (κ2) is 12.1. The maximum Gasteiger partial charge on any atom is 0.516 e. The molecule has 0 heterocycles. The van der Waals surface area contributed by atoms with Crippen molar-refractivity contribution in [3.63, 3.8) is 0 Å². The molecule has 2 atom stereocenters. The highest BCUT2D eigenvalue weighted by Gasteiger charge is 2.39. The summed E-state index contributed by atoms with van der Waals surface area (Å²) < 4.78 is 19.0. The summed E-state index contributed by atoms with van der Waals surface area (Å²) in [7, 11) is 0. The quantitative estimate of drug-likeness (QED) is 0.349. The van der Waals surface area contributed by atoms with Crippen molar-refractivity contribution in [3.05, 3.63) is 0 Å². The molecule has 0 aliphatic heterocycles. The van der Waals surface area contributed by atoms with Crippen molar-refractivity contribution in [1.29, 1.82) is 0 Å². The third kappa shape index (κ3) is 7.40. The van der Waals surface area contributed by atoms with Gasteiger partial charge in [-0.15, -0.1) is 0 Å². The third-order valence-electron chi connectivity index (χ3n) is 3.14. The van der Waals surface area contributed by atoms with E-state index in [9.17, 15) is 19.2 Å². The zero-order chi connectivity index (χ0) is 19.4. The molecule has 0 spiro atoms. The molecule has 0 fully saturated rings. The molecule has 0 bridgehead atoms. The van der Waals surface area contributed by atoms with Gasteiger partial charge in [0.05, 0.1) is 19.8 Å². The molecule has 144 valence electrons. The number of amides is 1. The van der Waals surface area contributed by atoms with Crippen LogP contribution in [0.3, 0.4) is 0 Å². The van der Waals surface area contributed by atoms with E-state index in [1.165, 1.54) is 6.92 Å². The van der Waals surface area contributed by atoms with Crippen LogP contribution in [0.25, 0.3) is 0 Å². The zero-order valence-electron chi connectivity index (χ0n) is 15.4. The Morgan fingerprint density at radius 1 is 0.840 bits per heavy atom. The van der Waals surface area contributed by atoms with Gasteiger partial charge < -0.3 is 18.9 Å². The Hall–Kier alpha value is -2.32. The lowest BCUT2D eigenvalue weighted by Gasteiger charge is -2.32. The van der Waals surface area contributed by atoms with Crippen LogP contribution in [0, 0.1) is 0 Å². The van der Waals surface area contributed by atoms with Crippen molar-refractivity contribution in [3.8, 4) is 0 Å². The van der Waals surface area contributed by atoms with E-state index in [1.807, 2.05) is 6.92 Å². The van der Waals surface area contributed by atoms with Crippen LogP contribution in [0.4, 0.5) is 9.59 Å². The fourth-order valence-electron chi connectivity index (χ4n) is 2.06. The van der Waals surface area contributed by atoms with E-state index in [-0.39, 0.29) is 26.2 Å². The summed E-state index contributed by atoms with van der Waals surface area (Å²) in [5, 5.41) is 0. The number of ether oxygens (including phenoxy) is 4. The molecule has 0 N–H and O–H groups in total. The Balaban J connectivity index is 5.48. The van der Waals surface area contributed by atoms with Crippen LogP contribution in [0.15, 0.2) is 0 Å². The van der Waals surface area contributed by atoms with Crippen molar-refractivity contribution in [2.45, 2.75) is 59.5 Å². The lowest BCUT2D eigenvalue weighted by Crippen LogP contribution is -2.53. The zero-order valence-corrected chi connectivity index (χ0v) is 15.4. The van der Waals surface area contributed by atoms with Crippen LogP contribution in [0.2, 0.25) is 0 Å². The van der Waals surface area contributed by atoms with Crippen LogP contribution < -0.4 is 0 Å². The predicted octanol–water partition coefficient (Wildman–Crippen LogP) is 2.26. The lowest BCUT2D eigenvalue weighted by atomic mass is 10.1. The Morgan fingerprint density at radius 3 is 1.88 bits per heavy atom. The molecule has 0 aromatic carbocycles. The van der Waals surface area contributed by atoms with Gasteiger partial charge in [0.2, 0.25) is 0 Å². The second-order valence-electron chi connectivity index (χ2n) is 4.94. The van der Waals surface area contributed by atoms with Gasteiger partial charge in [0.25, 0.3) is 0 Å². The maximum absolute atomic E-state index is 12.3. The highest BCUT2D eigenvalue weighted by atomic mass is 16.7. The molecule has 25 heavy (non-hydrogen) atoms. The minimum atomic E-state index is -1.25. The molecule has 0 aromatic rings. The van der Waals surface area contributed by atoms with E-state index < -0.39 is 36.3 Å². The van der Waals surface area contributed by atoms with Crippen LogP contribution in [-0.2, 0) is 28.5 Å². The Labute approximate surface area is 147 Å². The number of carbonyl (C=O) groups is 4. The van der Waals surface area contributed by atoms with Crippen LogP contribution in [0.5, 0.6) is 0 Å². The number of rotatable bonds is 9. The highest BCUT2D eigenvalue weighted by Crippen LogP contribution is 2.16. The summed E-state index contributed by atoms with van der Waals surface area (Å²) in [5.74, 6) is -1.69. The summed E-state index contributed by atoms with van der Waals surface area (Å²) in [6, 6.07) is -2.28. The monoisotopic (exact) mass is 361 g/mol. The first-order valence-corrected chi connectivity index (χ1v) is 8.33. The molecule has 0 aromatic heterocycles. The van der Waals surface area contributed by atoms with E-state index in [2.05, 4.69) is 9.47 Å². The highest BCUT2D eigenvalue weighted by molar-refractivity contribution is 5.90. The molecular formula is C16H27NO8. The molecule has 0 saturated heterocycles. The lowest BCUT2D eigenvalue weighted by molar-refractivity contribution is -0.154. The van der Waals surface area contributed by atoms with Crippen LogP contribution in [-0.4, -0.2) is 61.0 Å². The molecule has 1 amide bonds. The van der Waals surface area contributed by atoms with Gasteiger partial charge in [-0.1, -0.05) is 13.3 Å².